The zero-order chi connectivity index (χ0) is 14.8. The van der Waals surface area contributed by atoms with Gasteiger partial charge >= 0.3 is 0 Å². The molecule has 2 heteroatoms. The lowest BCUT2D eigenvalue weighted by Gasteiger charge is -2.25. The molecular weight excluding hydrogens is 258 g/mol. The second-order valence-electron chi connectivity index (χ2n) is 5.95. The molecule has 0 fully saturated rings. The SMILES string of the molecule is Cc1ccc(C)c(NC(=O)[C@H]2CCCc3ccccc32)c1. The summed E-state index contributed by atoms with van der Waals surface area (Å²) in [6.07, 6.45) is 3.11. The van der Waals surface area contributed by atoms with Crippen LogP contribution in [0.4, 0.5) is 5.69 Å². The van der Waals surface area contributed by atoms with E-state index in [2.05, 4.69) is 35.6 Å². The maximum Gasteiger partial charge on any atom is 0.231 e. The van der Waals surface area contributed by atoms with E-state index in [0.717, 1.165) is 30.5 Å². The Balaban J connectivity index is 1.85. The molecule has 1 atom stereocenters. The third-order valence-electron chi connectivity index (χ3n) is 4.34. The number of benzene rings is 2. The van der Waals surface area contributed by atoms with Crippen molar-refractivity contribution in [2.45, 2.75) is 39.0 Å². The highest BCUT2D eigenvalue weighted by molar-refractivity contribution is 5.96. The predicted octanol–water partition coefficient (Wildman–Crippen LogP) is 4.36. The minimum absolute atomic E-state index is 0.0186. The average Bonchev–Trinajstić information content (AvgIpc) is 2.50. The third kappa shape index (κ3) is 2.85. The van der Waals surface area contributed by atoms with Crippen molar-refractivity contribution in [2.75, 3.05) is 5.32 Å². The van der Waals surface area contributed by atoms with Crippen LogP contribution in [0, 0.1) is 13.8 Å². The number of carbonyl (C=O) groups is 1. The van der Waals surface area contributed by atoms with Crippen LogP contribution in [0.3, 0.4) is 0 Å². The van der Waals surface area contributed by atoms with Crippen LogP contribution in [0.1, 0.15) is 41.0 Å². The fourth-order valence-electron chi connectivity index (χ4n) is 3.12. The highest BCUT2D eigenvalue weighted by Gasteiger charge is 2.26. The number of rotatable bonds is 2. The summed E-state index contributed by atoms with van der Waals surface area (Å²) < 4.78 is 0. The van der Waals surface area contributed by atoms with Gasteiger partial charge in [0, 0.05) is 5.69 Å². The zero-order valence-corrected chi connectivity index (χ0v) is 12.6. The Morgan fingerprint density at radius 1 is 1.14 bits per heavy atom. The number of amides is 1. The third-order valence-corrected chi connectivity index (χ3v) is 4.34. The second kappa shape index (κ2) is 5.72. The van der Waals surface area contributed by atoms with Crippen molar-refractivity contribution in [1.29, 1.82) is 0 Å². The maximum atomic E-state index is 12.7. The normalized spacial score (nSPS) is 17.1. The van der Waals surface area contributed by atoms with Gasteiger partial charge in [-0.3, -0.25) is 4.79 Å². The van der Waals surface area contributed by atoms with Crippen molar-refractivity contribution in [2.24, 2.45) is 0 Å². The summed E-state index contributed by atoms with van der Waals surface area (Å²) >= 11 is 0. The quantitative estimate of drug-likeness (QED) is 0.869. The highest BCUT2D eigenvalue weighted by Crippen LogP contribution is 2.32. The molecule has 0 saturated heterocycles. The Hall–Kier alpha value is -2.09. The Bertz CT molecular complexity index is 675. The van der Waals surface area contributed by atoms with Crippen molar-refractivity contribution in [3.05, 3.63) is 64.7 Å². The summed E-state index contributed by atoms with van der Waals surface area (Å²) in [5.74, 6) is 0.103. The summed E-state index contributed by atoms with van der Waals surface area (Å²) in [5.41, 5.74) is 5.73. The molecule has 2 aromatic rings. The van der Waals surface area contributed by atoms with Crippen LogP contribution in [0.15, 0.2) is 42.5 Å². The van der Waals surface area contributed by atoms with Gasteiger partial charge in [-0.15, -0.1) is 0 Å². The van der Waals surface area contributed by atoms with E-state index in [4.69, 9.17) is 0 Å². The molecule has 1 N–H and O–H groups in total. The number of hydrogen-bond donors (Lipinski definition) is 1. The Kier molecular flexibility index (Phi) is 3.78. The van der Waals surface area contributed by atoms with Crippen LogP contribution in [-0.4, -0.2) is 5.91 Å². The van der Waals surface area contributed by atoms with E-state index in [9.17, 15) is 4.79 Å². The zero-order valence-electron chi connectivity index (χ0n) is 12.6. The van der Waals surface area contributed by atoms with Gasteiger partial charge in [-0.1, -0.05) is 36.4 Å². The summed E-state index contributed by atoms with van der Waals surface area (Å²) in [4.78, 5) is 12.7. The molecule has 1 aliphatic carbocycles. The summed E-state index contributed by atoms with van der Waals surface area (Å²) in [7, 11) is 0. The standard InChI is InChI=1S/C19H21NO/c1-13-10-11-14(2)18(12-13)20-19(21)17-9-5-7-15-6-3-4-8-16(15)17/h3-4,6,8,10-12,17H,5,7,9H2,1-2H3,(H,20,21)/t17-/m0/s1. The van der Waals surface area contributed by atoms with E-state index < -0.39 is 0 Å². The van der Waals surface area contributed by atoms with E-state index in [1.807, 2.05) is 26.0 Å². The molecule has 0 aliphatic heterocycles. The molecule has 1 amide bonds. The van der Waals surface area contributed by atoms with Gasteiger partial charge < -0.3 is 5.32 Å². The van der Waals surface area contributed by atoms with Crippen LogP contribution in [0.2, 0.25) is 0 Å². The first-order chi connectivity index (χ1) is 10.1. The van der Waals surface area contributed by atoms with E-state index in [1.165, 1.54) is 16.7 Å². The van der Waals surface area contributed by atoms with E-state index in [0.29, 0.717) is 0 Å². The van der Waals surface area contributed by atoms with Crippen molar-refractivity contribution < 1.29 is 4.79 Å². The monoisotopic (exact) mass is 279 g/mol. The predicted molar refractivity (Wildman–Crippen MR) is 86.7 cm³/mol. The molecule has 0 spiro atoms. The number of carbonyl (C=O) groups excluding carboxylic acids is 1. The smallest absolute Gasteiger partial charge is 0.231 e. The lowest BCUT2D eigenvalue weighted by atomic mass is 9.82. The number of aryl methyl sites for hydroxylation is 3. The first kappa shape index (κ1) is 13.9. The average molecular weight is 279 g/mol. The van der Waals surface area contributed by atoms with Crippen molar-refractivity contribution in [3.8, 4) is 0 Å². The number of fused-ring (bicyclic) bond motifs is 1. The van der Waals surface area contributed by atoms with Gasteiger partial charge in [0.2, 0.25) is 5.91 Å². The molecule has 0 aromatic heterocycles. The minimum Gasteiger partial charge on any atom is -0.325 e. The molecule has 2 aromatic carbocycles. The van der Waals surface area contributed by atoms with E-state index in [-0.39, 0.29) is 11.8 Å². The number of nitrogens with one attached hydrogen (secondary N) is 1. The number of hydrogen-bond acceptors (Lipinski definition) is 1. The molecule has 0 bridgehead atoms. The van der Waals surface area contributed by atoms with Crippen LogP contribution >= 0.6 is 0 Å². The van der Waals surface area contributed by atoms with Gasteiger partial charge in [0.1, 0.15) is 0 Å². The first-order valence-electron chi connectivity index (χ1n) is 7.61. The van der Waals surface area contributed by atoms with Crippen LogP contribution in [0.25, 0.3) is 0 Å². The maximum absolute atomic E-state index is 12.7. The molecule has 0 heterocycles. The van der Waals surface area contributed by atoms with Gasteiger partial charge in [-0.05, 0) is 61.4 Å². The van der Waals surface area contributed by atoms with E-state index >= 15 is 0 Å². The van der Waals surface area contributed by atoms with Gasteiger partial charge in [0.25, 0.3) is 0 Å². The van der Waals surface area contributed by atoms with Crippen LogP contribution in [-0.2, 0) is 11.2 Å². The van der Waals surface area contributed by atoms with E-state index in [1.54, 1.807) is 0 Å². The minimum atomic E-state index is -0.0186. The van der Waals surface area contributed by atoms with Gasteiger partial charge in [0.15, 0.2) is 0 Å². The summed E-state index contributed by atoms with van der Waals surface area (Å²) in [5, 5.41) is 3.12. The topological polar surface area (TPSA) is 29.1 Å². The van der Waals surface area contributed by atoms with Crippen LogP contribution < -0.4 is 5.32 Å². The van der Waals surface area contributed by atoms with Crippen molar-refractivity contribution in [1.82, 2.24) is 0 Å². The molecular formula is C19H21NO. The van der Waals surface area contributed by atoms with Crippen molar-refractivity contribution in [3.63, 3.8) is 0 Å². The van der Waals surface area contributed by atoms with Gasteiger partial charge in [-0.25, -0.2) is 0 Å². The summed E-state index contributed by atoms with van der Waals surface area (Å²) in [6, 6.07) is 14.5. The molecule has 21 heavy (non-hydrogen) atoms. The first-order valence-corrected chi connectivity index (χ1v) is 7.61. The fourth-order valence-corrected chi connectivity index (χ4v) is 3.12. The Labute approximate surface area is 126 Å². The molecule has 2 nitrogen and oxygen atoms in total. The van der Waals surface area contributed by atoms with Gasteiger partial charge in [-0.2, -0.15) is 0 Å². The largest absolute Gasteiger partial charge is 0.325 e. The molecule has 3 rings (SSSR count). The van der Waals surface area contributed by atoms with Gasteiger partial charge in [0.05, 0.1) is 5.92 Å². The molecule has 108 valence electrons. The van der Waals surface area contributed by atoms with Crippen molar-refractivity contribution >= 4 is 11.6 Å². The van der Waals surface area contributed by atoms with Crippen LogP contribution in [0.5, 0.6) is 0 Å². The summed E-state index contributed by atoms with van der Waals surface area (Å²) in [6.45, 7) is 4.08. The molecule has 0 unspecified atom stereocenters. The lowest BCUT2D eigenvalue weighted by Crippen LogP contribution is -2.25. The Morgan fingerprint density at radius 2 is 1.95 bits per heavy atom. The molecule has 0 saturated carbocycles. The molecule has 1 aliphatic rings. The number of anilines is 1. The highest BCUT2D eigenvalue weighted by atomic mass is 16.1. The lowest BCUT2D eigenvalue weighted by molar-refractivity contribution is -0.117. The Morgan fingerprint density at radius 3 is 2.81 bits per heavy atom. The fraction of sp³-hybridized carbons (Fsp3) is 0.316. The molecule has 0 radical (unpaired) electrons. The second-order valence-corrected chi connectivity index (χ2v) is 5.95.